The Morgan fingerprint density at radius 1 is 1.00 bits per heavy atom. The molecule has 0 saturated carbocycles. The highest BCUT2D eigenvalue weighted by atomic mass is 35.5. The lowest BCUT2D eigenvalue weighted by molar-refractivity contribution is -0.117. The third kappa shape index (κ3) is 4.56. The van der Waals surface area contributed by atoms with Crippen LogP contribution in [0.2, 0.25) is 10.0 Å². The van der Waals surface area contributed by atoms with Crippen LogP contribution in [0.5, 0.6) is 0 Å². The minimum atomic E-state index is -0.0688. The first-order chi connectivity index (χ1) is 14.0. The fraction of sp³-hybridized carbons (Fsp3) is 0.238. The molecule has 1 aliphatic rings. The first-order valence-electron chi connectivity index (χ1n) is 9.25. The third-order valence-corrected chi connectivity index (χ3v) is 6.75. The van der Waals surface area contributed by atoms with Crippen molar-refractivity contribution in [1.29, 1.82) is 0 Å². The topological polar surface area (TPSA) is 52.7 Å². The molecule has 8 heteroatoms. The molecule has 1 fully saturated rings. The van der Waals surface area contributed by atoms with Crippen LogP contribution in [0, 0.1) is 0 Å². The summed E-state index contributed by atoms with van der Waals surface area (Å²) in [5, 5.41) is 4.84. The molecule has 3 aromatic rings. The van der Waals surface area contributed by atoms with E-state index in [1.54, 1.807) is 11.0 Å². The summed E-state index contributed by atoms with van der Waals surface area (Å²) in [5.74, 6) is -0.124. The maximum Gasteiger partial charge on any atom is 0.265 e. The van der Waals surface area contributed by atoms with Crippen molar-refractivity contribution >= 4 is 62.1 Å². The number of hydrogen-bond donors (Lipinski definition) is 1. The average Bonchev–Trinajstić information content (AvgIpc) is 3.04. The van der Waals surface area contributed by atoms with Gasteiger partial charge in [0.15, 0.2) is 0 Å². The molecule has 2 amide bonds. The van der Waals surface area contributed by atoms with E-state index in [1.165, 1.54) is 11.3 Å². The molecule has 2 aromatic carbocycles. The number of thiophene rings is 1. The van der Waals surface area contributed by atoms with E-state index in [4.69, 9.17) is 23.2 Å². The monoisotopic (exact) mass is 447 g/mol. The minimum absolute atomic E-state index is 0.0552. The van der Waals surface area contributed by atoms with Crippen LogP contribution in [-0.2, 0) is 4.79 Å². The number of fused-ring (bicyclic) bond motifs is 1. The predicted molar refractivity (Wildman–Crippen MR) is 119 cm³/mol. The van der Waals surface area contributed by atoms with Crippen molar-refractivity contribution < 1.29 is 9.59 Å². The largest absolute Gasteiger partial charge is 0.335 e. The molecule has 4 rings (SSSR count). The number of anilines is 1. The summed E-state index contributed by atoms with van der Waals surface area (Å²) >= 11 is 13.9. The summed E-state index contributed by atoms with van der Waals surface area (Å²) < 4.78 is 0.905. The quantitative estimate of drug-likeness (QED) is 0.635. The van der Waals surface area contributed by atoms with Crippen molar-refractivity contribution in [2.75, 3.05) is 38.0 Å². The van der Waals surface area contributed by atoms with Gasteiger partial charge >= 0.3 is 0 Å². The summed E-state index contributed by atoms with van der Waals surface area (Å²) in [7, 11) is 0. The van der Waals surface area contributed by atoms with Crippen LogP contribution in [0.4, 0.5) is 5.69 Å². The average molecular weight is 448 g/mol. The van der Waals surface area contributed by atoms with Crippen LogP contribution < -0.4 is 5.32 Å². The van der Waals surface area contributed by atoms with Gasteiger partial charge in [-0.1, -0.05) is 47.5 Å². The lowest BCUT2D eigenvalue weighted by Gasteiger charge is -2.34. The molecule has 1 aromatic heterocycles. The molecule has 29 heavy (non-hydrogen) atoms. The molecular formula is C21H19Cl2N3O2S. The Kier molecular flexibility index (Phi) is 6.06. The summed E-state index contributed by atoms with van der Waals surface area (Å²) in [6, 6.07) is 14.8. The van der Waals surface area contributed by atoms with Gasteiger partial charge in [-0.2, -0.15) is 0 Å². The Balaban J connectivity index is 1.35. The highest BCUT2D eigenvalue weighted by molar-refractivity contribution is 7.21. The number of nitrogens with zero attached hydrogens (tertiary/aromatic N) is 2. The van der Waals surface area contributed by atoms with Gasteiger partial charge in [-0.15, -0.1) is 11.3 Å². The van der Waals surface area contributed by atoms with Gasteiger partial charge < -0.3 is 10.2 Å². The van der Waals surface area contributed by atoms with E-state index < -0.39 is 0 Å². The van der Waals surface area contributed by atoms with Crippen molar-refractivity contribution in [3.8, 4) is 0 Å². The number of hydrogen-bond acceptors (Lipinski definition) is 4. The summed E-state index contributed by atoms with van der Waals surface area (Å²) in [4.78, 5) is 29.6. The summed E-state index contributed by atoms with van der Waals surface area (Å²) in [5.41, 5.74) is 0.783. The Bertz CT molecular complexity index is 1050. The van der Waals surface area contributed by atoms with E-state index in [0.29, 0.717) is 47.6 Å². The third-order valence-electron chi connectivity index (χ3n) is 4.87. The van der Waals surface area contributed by atoms with Gasteiger partial charge in [0.05, 0.1) is 11.6 Å². The number of nitrogens with one attached hydrogen (secondary N) is 1. The Hall–Kier alpha value is -2.12. The molecule has 2 heterocycles. The van der Waals surface area contributed by atoms with E-state index >= 15 is 0 Å². The number of amides is 2. The van der Waals surface area contributed by atoms with Crippen LogP contribution in [0.1, 0.15) is 9.67 Å². The molecular weight excluding hydrogens is 429 g/mol. The number of carbonyl (C=O) groups is 2. The summed E-state index contributed by atoms with van der Waals surface area (Å²) in [6.07, 6.45) is 0. The number of halogens is 2. The number of para-hydroxylation sites is 1. The van der Waals surface area contributed by atoms with Gasteiger partial charge in [0.25, 0.3) is 5.91 Å². The molecule has 150 valence electrons. The van der Waals surface area contributed by atoms with Gasteiger partial charge in [-0.05, 0) is 24.3 Å². The van der Waals surface area contributed by atoms with Crippen LogP contribution >= 0.6 is 34.5 Å². The van der Waals surface area contributed by atoms with E-state index in [1.807, 2.05) is 47.4 Å². The fourth-order valence-corrected chi connectivity index (χ4v) is 5.11. The normalized spacial score (nSPS) is 14.9. The number of rotatable bonds is 4. The zero-order chi connectivity index (χ0) is 20.4. The summed E-state index contributed by atoms with van der Waals surface area (Å²) in [6.45, 7) is 2.70. The van der Waals surface area contributed by atoms with Crippen LogP contribution in [0.25, 0.3) is 10.1 Å². The van der Waals surface area contributed by atoms with E-state index in [9.17, 15) is 9.59 Å². The standard InChI is InChI=1S/C21H19Cl2N3O2S/c22-14-6-7-16-17(12-14)29-20(19(16)23)21(28)26-10-8-25(9-11-26)13-18(27)24-15-4-2-1-3-5-15/h1-7,12H,8-11,13H2,(H,24,27). The Morgan fingerprint density at radius 2 is 1.72 bits per heavy atom. The van der Waals surface area contributed by atoms with E-state index in [0.717, 1.165) is 15.8 Å². The highest BCUT2D eigenvalue weighted by Gasteiger charge is 2.26. The maximum absolute atomic E-state index is 13.0. The molecule has 1 aliphatic heterocycles. The van der Waals surface area contributed by atoms with Crippen molar-refractivity contribution in [1.82, 2.24) is 9.80 Å². The number of benzene rings is 2. The van der Waals surface area contributed by atoms with Gasteiger partial charge in [-0.3, -0.25) is 14.5 Å². The molecule has 5 nitrogen and oxygen atoms in total. The SMILES string of the molecule is O=C(CN1CCN(C(=O)c2sc3cc(Cl)ccc3c2Cl)CC1)Nc1ccccc1. The van der Waals surface area contributed by atoms with Gasteiger partial charge in [-0.25, -0.2) is 0 Å². The molecule has 0 spiro atoms. The molecule has 0 unspecified atom stereocenters. The second-order valence-electron chi connectivity index (χ2n) is 6.87. The van der Waals surface area contributed by atoms with Crippen molar-refractivity contribution in [3.05, 3.63) is 63.5 Å². The Morgan fingerprint density at radius 3 is 2.45 bits per heavy atom. The lowest BCUT2D eigenvalue weighted by atomic mass is 10.2. The lowest BCUT2D eigenvalue weighted by Crippen LogP contribution is -2.50. The first-order valence-corrected chi connectivity index (χ1v) is 10.8. The van der Waals surface area contributed by atoms with E-state index in [-0.39, 0.29) is 11.8 Å². The Labute approximate surface area is 182 Å². The van der Waals surface area contributed by atoms with Gasteiger partial charge in [0, 0.05) is 47.0 Å². The minimum Gasteiger partial charge on any atom is -0.335 e. The maximum atomic E-state index is 13.0. The second-order valence-corrected chi connectivity index (χ2v) is 8.73. The molecule has 1 N–H and O–H groups in total. The zero-order valence-corrected chi connectivity index (χ0v) is 17.9. The molecule has 0 radical (unpaired) electrons. The first kappa shape index (κ1) is 20.2. The van der Waals surface area contributed by atoms with Crippen molar-refractivity contribution in [2.24, 2.45) is 0 Å². The van der Waals surface area contributed by atoms with Crippen molar-refractivity contribution in [2.45, 2.75) is 0 Å². The van der Waals surface area contributed by atoms with Crippen LogP contribution in [-0.4, -0.2) is 54.3 Å². The van der Waals surface area contributed by atoms with Crippen LogP contribution in [0.3, 0.4) is 0 Å². The van der Waals surface area contributed by atoms with Crippen LogP contribution in [0.15, 0.2) is 48.5 Å². The predicted octanol–water partition coefficient (Wildman–Crippen LogP) is 4.60. The molecule has 0 aliphatic carbocycles. The second kappa shape index (κ2) is 8.71. The van der Waals surface area contributed by atoms with Gasteiger partial charge in [0.2, 0.25) is 5.91 Å². The molecule has 1 saturated heterocycles. The zero-order valence-electron chi connectivity index (χ0n) is 15.5. The number of carbonyl (C=O) groups excluding carboxylic acids is 2. The fourth-order valence-electron chi connectivity index (χ4n) is 3.35. The molecule has 0 atom stereocenters. The number of piperazine rings is 1. The van der Waals surface area contributed by atoms with E-state index in [2.05, 4.69) is 5.32 Å². The van der Waals surface area contributed by atoms with Gasteiger partial charge in [0.1, 0.15) is 4.88 Å². The highest BCUT2D eigenvalue weighted by Crippen LogP contribution is 2.37. The molecule has 0 bridgehead atoms. The van der Waals surface area contributed by atoms with Crippen molar-refractivity contribution in [3.63, 3.8) is 0 Å². The smallest absolute Gasteiger partial charge is 0.265 e.